The van der Waals surface area contributed by atoms with Crippen LogP contribution < -0.4 is 15.4 Å². The van der Waals surface area contributed by atoms with E-state index in [0.29, 0.717) is 29.2 Å². The van der Waals surface area contributed by atoms with Gasteiger partial charge in [0.2, 0.25) is 0 Å². The number of anilines is 1. The molecule has 2 aromatic carbocycles. The van der Waals surface area contributed by atoms with Crippen molar-refractivity contribution < 1.29 is 14.3 Å². The summed E-state index contributed by atoms with van der Waals surface area (Å²) in [4.78, 5) is 24.4. The first kappa shape index (κ1) is 19.5. The van der Waals surface area contributed by atoms with Crippen LogP contribution in [0, 0.1) is 0 Å². The first-order chi connectivity index (χ1) is 12.5. The molecule has 5 heteroatoms. The van der Waals surface area contributed by atoms with Crippen LogP contribution >= 0.6 is 0 Å². The van der Waals surface area contributed by atoms with Crippen molar-refractivity contribution in [3.63, 3.8) is 0 Å². The first-order valence-corrected chi connectivity index (χ1v) is 8.94. The lowest BCUT2D eigenvalue weighted by Crippen LogP contribution is -2.30. The number of amides is 2. The SMILES string of the molecule is CCCCOc1cccc(C(=O)Nc2ccc(C(=O)NC(C)C)cc2)c1. The largest absolute Gasteiger partial charge is 0.494 e. The molecule has 0 heterocycles. The molecule has 5 nitrogen and oxygen atoms in total. The van der Waals surface area contributed by atoms with E-state index in [-0.39, 0.29) is 17.9 Å². The Hall–Kier alpha value is -2.82. The summed E-state index contributed by atoms with van der Waals surface area (Å²) in [6.07, 6.45) is 2.04. The van der Waals surface area contributed by atoms with Gasteiger partial charge in [-0.3, -0.25) is 9.59 Å². The molecular formula is C21H26N2O3. The van der Waals surface area contributed by atoms with Crippen LogP contribution in [0.2, 0.25) is 0 Å². The van der Waals surface area contributed by atoms with Gasteiger partial charge in [-0.1, -0.05) is 19.4 Å². The van der Waals surface area contributed by atoms with Crippen LogP contribution in [0.5, 0.6) is 5.75 Å². The van der Waals surface area contributed by atoms with Gasteiger partial charge < -0.3 is 15.4 Å². The summed E-state index contributed by atoms with van der Waals surface area (Å²) in [5.74, 6) is 0.340. The zero-order valence-electron chi connectivity index (χ0n) is 15.5. The smallest absolute Gasteiger partial charge is 0.255 e. The zero-order chi connectivity index (χ0) is 18.9. The number of hydrogen-bond acceptors (Lipinski definition) is 3. The van der Waals surface area contributed by atoms with E-state index in [0.717, 1.165) is 12.8 Å². The van der Waals surface area contributed by atoms with Crippen LogP contribution in [0.15, 0.2) is 48.5 Å². The molecule has 0 aliphatic rings. The number of hydrogen-bond donors (Lipinski definition) is 2. The predicted octanol–water partition coefficient (Wildman–Crippen LogP) is 4.26. The fourth-order valence-corrected chi connectivity index (χ4v) is 2.32. The van der Waals surface area contributed by atoms with Gasteiger partial charge >= 0.3 is 0 Å². The molecule has 0 aliphatic carbocycles. The maximum atomic E-state index is 12.4. The van der Waals surface area contributed by atoms with Crippen molar-refractivity contribution in [3.8, 4) is 5.75 Å². The quantitative estimate of drug-likeness (QED) is 0.696. The molecule has 0 radical (unpaired) electrons. The van der Waals surface area contributed by atoms with Gasteiger partial charge in [-0.2, -0.15) is 0 Å². The van der Waals surface area contributed by atoms with Crippen molar-refractivity contribution in [2.24, 2.45) is 0 Å². The maximum Gasteiger partial charge on any atom is 0.255 e. The maximum absolute atomic E-state index is 12.4. The number of carbonyl (C=O) groups is 2. The van der Waals surface area contributed by atoms with Gasteiger partial charge in [-0.15, -0.1) is 0 Å². The first-order valence-electron chi connectivity index (χ1n) is 8.94. The molecule has 0 fully saturated rings. The lowest BCUT2D eigenvalue weighted by molar-refractivity contribution is 0.0942. The van der Waals surface area contributed by atoms with Crippen LogP contribution in [-0.4, -0.2) is 24.5 Å². The minimum atomic E-state index is -0.217. The van der Waals surface area contributed by atoms with Crippen LogP contribution in [0.4, 0.5) is 5.69 Å². The standard InChI is InChI=1S/C21H26N2O3/c1-4-5-13-26-19-8-6-7-17(14-19)21(25)23-18-11-9-16(10-12-18)20(24)22-15(2)3/h6-12,14-15H,4-5,13H2,1-3H3,(H,22,24)(H,23,25). The summed E-state index contributed by atoms with van der Waals surface area (Å²) in [7, 11) is 0. The molecule has 0 atom stereocenters. The van der Waals surface area contributed by atoms with Gasteiger partial charge in [0.05, 0.1) is 6.61 Å². The Labute approximate surface area is 154 Å². The summed E-state index contributed by atoms with van der Waals surface area (Å²) in [6, 6.07) is 14.0. The summed E-state index contributed by atoms with van der Waals surface area (Å²) < 4.78 is 5.64. The molecule has 2 amide bonds. The number of rotatable bonds is 8. The summed E-state index contributed by atoms with van der Waals surface area (Å²) in [5.41, 5.74) is 1.72. The van der Waals surface area contributed by atoms with Gasteiger partial charge in [-0.05, 0) is 62.7 Å². The molecule has 0 aliphatic heterocycles. The number of ether oxygens (including phenoxy) is 1. The van der Waals surface area contributed by atoms with Crippen LogP contribution in [-0.2, 0) is 0 Å². The highest BCUT2D eigenvalue weighted by Gasteiger charge is 2.09. The molecule has 26 heavy (non-hydrogen) atoms. The van der Waals surface area contributed by atoms with E-state index in [2.05, 4.69) is 17.6 Å². The molecular weight excluding hydrogens is 328 g/mol. The Morgan fingerprint density at radius 2 is 1.73 bits per heavy atom. The fourth-order valence-electron chi connectivity index (χ4n) is 2.32. The van der Waals surface area contributed by atoms with E-state index in [1.807, 2.05) is 19.9 Å². The Bertz CT molecular complexity index is 739. The Kier molecular flexibility index (Phi) is 7.21. The topological polar surface area (TPSA) is 67.4 Å². The number of unbranched alkanes of at least 4 members (excludes halogenated alkanes) is 1. The molecule has 0 saturated heterocycles. The van der Waals surface area contributed by atoms with Crippen molar-refractivity contribution in [2.45, 2.75) is 39.7 Å². The molecule has 0 unspecified atom stereocenters. The van der Waals surface area contributed by atoms with Crippen molar-refractivity contribution >= 4 is 17.5 Å². The monoisotopic (exact) mass is 354 g/mol. The van der Waals surface area contributed by atoms with E-state index < -0.39 is 0 Å². The van der Waals surface area contributed by atoms with Crippen molar-refractivity contribution in [3.05, 3.63) is 59.7 Å². The molecule has 2 rings (SSSR count). The normalized spacial score (nSPS) is 10.5. The highest BCUT2D eigenvalue weighted by Crippen LogP contribution is 2.16. The second-order valence-electron chi connectivity index (χ2n) is 6.39. The molecule has 2 aromatic rings. The van der Waals surface area contributed by atoms with E-state index >= 15 is 0 Å². The minimum Gasteiger partial charge on any atom is -0.494 e. The van der Waals surface area contributed by atoms with E-state index in [1.54, 1.807) is 42.5 Å². The van der Waals surface area contributed by atoms with Crippen molar-refractivity contribution in [2.75, 3.05) is 11.9 Å². The van der Waals surface area contributed by atoms with E-state index in [9.17, 15) is 9.59 Å². The number of carbonyl (C=O) groups excluding carboxylic acids is 2. The van der Waals surface area contributed by atoms with Crippen molar-refractivity contribution in [1.29, 1.82) is 0 Å². The van der Waals surface area contributed by atoms with Crippen LogP contribution in [0.3, 0.4) is 0 Å². The average Bonchev–Trinajstić information content (AvgIpc) is 2.62. The third-order valence-electron chi connectivity index (χ3n) is 3.69. The fraction of sp³-hybridized carbons (Fsp3) is 0.333. The molecule has 0 spiro atoms. The lowest BCUT2D eigenvalue weighted by Gasteiger charge is -2.10. The Morgan fingerprint density at radius 3 is 2.38 bits per heavy atom. The summed E-state index contributed by atoms with van der Waals surface area (Å²) >= 11 is 0. The highest BCUT2D eigenvalue weighted by molar-refractivity contribution is 6.04. The minimum absolute atomic E-state index is 0.0775. The molecule has 0 bridgehead atoms. The molecule has 138 valence electrons. The summed E-state index contributed by atoms with van der Waals surface area (Å²) in [5, 5.41) is 5.67. The molecule has 0 aromatic heterocycles. The second kappa shape index (κ2) is 9.61. The summed E-state index contributed by atoms with van der Waals surface area (Å²) in [6.45, 7) is 6.56. The number of nitrogens with one attached hydrogen (secondary N) is 2. The highest BCUT2D eigenvalue weighted by atomic mass is 16.5. The second-order valence-corrected chi connectivity index (χ2v) is 6.39. The van der Waals surface area contributed by atoms with Crippen LogP contribution in [0.1, 0.15) is 54.3 Å². The van der Waals surface area contributed by atoms with E-state index in [4.69, 9.17) is 4.74 Å². The zero-order valence-corrected chi connectivity index (χ0v) is 15.5. The van der Waals surface area contributed by atoms with Gasteiger partial charge in [-0.25, -0.2) is 0 Å². The lowest BCUT2D eigenvalue weighted by atomic mass is 10.1. The Balaban J connectivity index is 1.99. The van der Waals surface area contributed by atoms with Gasteiger partial charge in [0.15, 0.2) is 0 Å². The van der Waals surface area contributed by atoms with E-state index in [1.165, 1.54) is 0 Å². The van der Waals surface area contributed by atoms with Gasteiger partial charge in [0, 0.05) is 22.9 Å². The third kappa shape index (κ3) is 5.92. The molecule has 0 saturated carbocycles. The molecule has 2 N–H and O–H groups in total. The Morgan fingerprint density at radius 1 is 1.00 bits per heavy atom. The predicted molar refractivity (Wildman–Crippen MR) is 104 cm³/mol. The van der Waals surface area contributed by atoms with Crippen LogP contribution in [0.25, 0.3) is 0 Å². The third-order valence-corrected chi connectivity index (χ3v) is 3.69. The van der Waals surface area contributed by atoms with Gasteiger partial charge in [0.25, 0.3) is 11.8 Å². The number of benzene rings is 2. The average molecular weight is 354 g/mol. The van der Waals surface area contributed by atoms with Crippen molar-refractivity contribution in [1.82, 2.24) is 5.32 Å². The van der Waals surface area contributed by atoms with Gasteiger partial charge in [0.1, 0.15) is 5.75 Å².